The molecule has 0 saturated heterocycles. The van der Waals surface area contributed by atoms with Crippen molar-refractivity contribution in [3.8, 4) is 0 Å². The Bertz CT molecular complexity index is 481. The average Bonchev–Trinajstić information content (AvgIpc) is 2.49. The van der Waals surface area contributed by atoms with Crippen LogP contribution < -0.4 is 10.6 Å². The van der Waals surface area contributed by atoms with Crippen LogP contribution in [0.15, 0.2) is 12.1 Å². The summed E-state index contributed by atoms with van der Waals surface area (Å²) >= 11 is 5.90. The van der Waals surface area contributed by atoms with E-state index in [1.54, 1.807) is 0 Å². The van der Waals surface area contributed by atoms with Gasteiger partial charge in [0, 0.05) is 18.1 Å². The number of hydrogen-bond acceptors (Lipinski definition) is 8. The van der Waals surface area contributed by atoms with E-state index in [-0.39, 0.29) is 35.2 Å². The molecule has 0 aliphatic heterocycles. The largest absolute Gasteiger partial charge is 0.394 e. The highest BCUT2D eigenvalue weighted by atomic mass is 35.5. The molecule has 0 aromatic heterocycles. The smallest absolute Gasteiger partial charge is 0.315 e. The Balaban J connectivity index is 3.04. The van der Waals surface area contributed by atoms with E-state index in [0.29, 0.717) is 0 Å². The van der Waals surface area contributed by atoms with Gasteiger partial charge in [-0.15, -0.1) is 0 Å². The van der Waals surface area contributed by atoms with Crippen molar-refractivity contribution in [3.63, 3.8) is 0 Å². The molecule has 2 unspecified atom stereocenters. The molecule has 0 spiro atoms. The number of benzene rings is 1. The molecule has 0 aliphatic rings. The first kappa shape index (κ1) is 18.4. The summed E-state index contributed by atoms with van der Waals surface area (Å²) in [6.45, 7) is -1.18. The number of anilines is 2. The summed E-state index contributed by atoms with van der Waals surface area (Å²) in [5.74, 6) is 0. The van der Waals surface area contributed by atoms with E-state index in [4.69, 9.17) is 21.8 Å². The molecule has 0 radical (unpaired) electrons. The van der Waals surface area contributed by atoms with E-state index in [9.17, 15) is 20.3 Å². The number of aliphatic hydroxyl groups is 4. The van der Waals surface area contributed by atoms with E-state index in [2.05, 4.69) is 10.6 Å². The molecule has 0 amide bonds. The molecule has 0 fully saturated rings. The predicted octanol–water partition coefficient (Wildman–Crippen LogP) is -0.222. The van der Waals surface area contributed by atoms with Crippen molar-refractivity contribution in [2.75, 3.05) is 36.9 Å². The maximum Gasteiger partial charge on any atom is 0.315 e. The Labute approximate surface area is 131 Å². The zero-order valence-electron chi connectivity index (χ0n) is 11.6. The van der Waals surface area contributed by atoms with E-state index in [0.717, 1.165) is 0 Å². The van der Waals surface area contributed by atoms with Gasteiger partial charge >= 0.3 is 5.69 Å². The molecule has 1 rings (SSSR count). The number of nitro benzene ring substituents is 1. The number of nitrogens with one attached hydrogen (secondary N) is 2. The predicted molar refractivity (Wildman–Crippen MR) is 81.3 cm³/mol. The molecule has 1 aromatic carbocycles. The summed E-state index contributed by atoms with van der Waals surface area (Å²) in [6, 6.07) is 2.63. The van der Waals surface area contributed by atoms with Gasteiger partial charge in [0.1, 0.15) is 11.4 Å². The van der Waals surface area contributed by atoms with Gasteiger partial charge in [-0.1, -0.05) is 11.6 Å². The number of rotatable bonds is 9. The quantitative estimate of drug-likeness (QED) is 0.268. The Morgan fingerprint density at radius 2 is 1.50 bits per heavy atom. The van der Waals surface area contributed by atoms with Gasteiger partial charge < -0.3 is 31.1 Å². The lowest BCUT2D eigenvalue weighted by atomic mass is 10.2. The standard InChI is InChI=1S/C12H18ClN3O6/c13-7-1-10(14-3-8(19)5-17)12(16(21)22)11(2-7)15-4-9(20)6-18/h1-2,8-9,14-15,17-20H,3-6H2. The minimum Gasteiger partial charge on any atom is -0.394 e. The van der Waals surface area contributed by atoms with Crippen molar-refractivity contribution < 1.29 is 25.3 Å². The first-order valence-electron chi connectivity index (χ1n) is 6.42. The molecule has 2 atom stereocenters. The number of aliphatic hydroxyl groups excluding tert-OH is 4. The third-order valence-corrected chi connectivity index (χ3v) is 2.95. The van der Waals surface area contributed by atoms with E-state index < -0.39 is 30.3 Å². The molecule has 0 aliphatic carbocycles. The van der Waals surface area contributed by atoms with Crippen LogP contribution in [0, 0.1) is 10.1 Å². The van der Waals surface area contributed by atoms with Gasteiger partial charge in [-0.2, -0.15) is 0 Å². The Morgan fingerprint density at radius 1 is 1.09 bits per heavy atom. The van der Waals surface area contributed by atoms with Gasteiger partial charge in [0.25, 0.3) is 0 Å². The molecule has 22 heavy (non-hydrogen) atoms. The van der Waals surface area contributed by atoms with Crippen LogP contribution in [0.25, 0.3) is 0 Å². The number of nitrogens with zero attached hydrogens (tertiary/aromatic N) is 1. The van der Waals surface area contributed by atoms with Crippen molar-refractivity contribution in [2.24, 2.45) is 0 Å². The second-order valence-electron chi connectivity index (χ2n) is 4.54. The summed E-state index contributed by atoms with van der Waals surface area (Å²) < 4.78 is 0. The summed E-state index contributed by atoms with van der Waals surface area (Å²) in [6.07, 6.45) is -2.16. The molecule has 0 saturated carbocycles. The second-order valence-corrected chi connectivity index (χ2v) is 4.98. The Morgan fingerprint density at radius 3 is 1.82 bits per heavy atom. The molecule has 6 N–H and O–H groups in total. The lowest BCUT2D eigenvalue weighted by molar-refractivity contribution is -0.383. The van der Waals surface area contributed by atoms with E-state index in [1.165, 1.54) is 12.1 Å². The minimum absolute atomic E-state index is 0.0611. The third kappa shape index (κ3) is 5.28. The number of halogens is 1. The van der Waals surface area contributed by atoms with E-state index >= 15 is 0 Å². The van der Waals surface area contributed by atoms with Crippen LogP contribution >= 0.6 is 11.6 Å². The maximum atomic E-state index is 11.2. The minimum atomic E-state index is -1.08. The SMILES string of the molecule is O=[N+]([O-])c1c(NCC(O)CO)cc(Cl)cc1NCC(O)CO. The van der Waals surface area contributed by atoms with Crippen molar-refractivity contribution in [3.05, 3.63) is 27.3 Å². The van der Waals surface area contributed by atoms with Gasteiger partial charge in [0.2, 0.25) is 0 Å². The average molecular weight is 336 g/mol. The molecule has 124 valence electrons. The van der Waals surface area contributed by atoms with Crippen LogP contribution in [-0.4, -0.2) is 63.9 Å². The molecule has 9 nitrogen and oxygen atoms in total. The van der Waals surface area contributed by atoms with E-state index in [1.807, 2.05) is 0 Å². The van der Waals surface area contributed by atoms with Crippen LogP contribution in [-0.2, 0) is 0 Å². The highest BCUT2D eigenvalue weighted by Gasteiger charge is 2.22. The summed E-state index contributed by atoms with van der Waals surface area (Å²) in [7, 11) is 0. The lowest BCUT2D eigenvalue weighted by Gasteiger charge is -2.15. The Hall–Kier alpha value is -1.65. The zero-order chi connectivity index (χ0) is 16.7. The van der Waals surface area contributed by atoms with Gasteiger partial charge in [-0.3, -0.25) is 10.1 Å². The first-order chi connectivity index (χ1) is 10.4. The van der Waals surface area contributed by atoms with Crippen LogP contribution in [0.3, 0.4) is 0 Å². The van der Waals surface area contributed by atoms with Crippen molar-refractivity contribution >= 4 is 28.7 Å². The lowest BCUT2D eigenvalue weighted by Crippen LogP contribution is -2.24. The van der Waals surface area contributed by atoms with Gasteiger partial charge in [-0.05, 0) is 12.1 Å². The van der Waals surface area contributed by atoms with Gasteiger partial charge in [-0.25, -0.2) is 0 Å². The molecule has 1 aromatic rings. The van der Waals surface area contributed by atoms with Crippen LogP contribution in [0.1, 0.15) is 0 Å². The molecular weight excluding hydrogens is 318 g/mol. The monoisotopic (exact) mass is 335 g/mol. The van der Waals surface area contributed by atoms with Crippen LogP contribution in [0.5, 0.6) is 0 Å². The fourth-order valence-corrected chi connectivity index (χ4v) is 1.87. The highest BCUT2D eigenvalue weighted by molar-refractivity contribution is 6.31. The zero-order valence-corrected chi connectivity index (χ0v) is 12.3. The molecule has 0 heterocycles. The first-order valence-corrected chi connectivity index (χ1v) is 6.80. The van der Waals surface area contributed by atoms with Crippen LogP contribution in [0.2, 0.25) is 5.02 Å². The van der Waals surface area contributed by atoms with Crippen molar-refractivity contribution in [2.45, 2.75) is 12.2 Å². The normalized spacial score (nSPS) is 13.5. The summed E-state index contributed by atoms with van der Waals surface area (Å²) in [5.41, 5.74) is -0.198. The fourth-order valence-electron chi connectivity index (χ4n) is 1.65. The number of hydrogen-bond donors (Lipinski definition) is 6. The van der Waals surface area contributed by atoms with Crippen LogP contribution in [0.4, 0.5) is 17.1 Å². The van der Waals surface area contributed by atoms with Gasteiger partial charge in [0.15, 0.2) is 0 Å². The molecular formula is C12H18ClN3O6. The number of nitro groups is 1. The summed E-state index contributed by atoms with van der Waals surface area (Å²) in [5, 5.41) is 52.8. The summed E-state index contributed by atoms with van der Waals surface area (Å²) in [4.78, 5) is 10.6. The third-order valence-electron chi connectivity index (χ3n) is 2.74. The van der Waals surface area contributed by atoms with Crippen molar-refractivity contribution in [1.29, 1.82) is 0 Å². The second kappa shape index (κ2) is 8.71. The topological polar surface area (TPSA) is 148 Å². The fraction of sp³-hybridized carbons (Fsp3) is 0.500. The molecule has 10 heteroatoms. The highest BCUT2D eigenvalue weighted by Crippen LogP contribution is 2.36. The maximum absolute atomic E-state index is 11.2. The van der Waals surface area contributed by atoms with Crippen molar-refractivity contribution in [1.82, 2.24) is 0 Å². The Kier molecular flexibility index (Phi) is 7.28. The van der Waals surface area contributed by atoms with Gasteiger partial charge in [0.05, 0.1) is 30.3 Å². The molecule has 0 bridgehead atoms.